The van der Waals surface area contributed by atoms with Crippen molar-refractivity contribution in [1.82, 2.24) is 10.4 Å². The zero-order valence-electron chi connectivity index (χ0n) is 13.1. The van der Waals surface area contributed by atoms with E-state index < -0.39 is 17.7 Å². The molecule has 0 atom stereocenters. The molecule has 25 heavy (non-hydrogen) atoms. The van der Waals surface area contributed by atoms with E-state index >= 15 is 0 Å². The third-order valence-electron chi connectivity index (χ3n) is 2.91. The van der Waals surface area contributed by atoms with E-state index in [4.69, 9.17) is 4.79 Å². The molecule has 0 aliphatic rings. The molecule has 4 N–H and O–H groups in total. The van der Waals surface area contributed by atoms with Crippen molar-refractivity contribution >= 4 is 24.2 Å². The number of nitrogens with one attached hydrogen (secondary N) is 2. The van der Waals surface area contributed by atoms with Crippen LogP contribution in [0, 0.1) is 5.95 Å². The molecule has 0 saturated heterocycles. The van der Waals surface area contributed by atoms with Crippen molar-refractivity contribution in [2.45, 2.75) is 6.18 Å². The summed E-state index contributed by atoms with van der Waals surface area (Å²) in [5.41, 5.74) is 1.55. The number of rotatable bonds is 4. The fourth-order valence-electron chi connectivity index (χ4n) is 1.90. The van der Waals surface area contributed by atoms with Crippen molar-refractivity contribution in [3.05, 3.63) is 59.2 Å². The van der Waals surface area contributed by atoms with E-state index in [2.05, 4.69) is 16.1 Å². The molecule has 1 aromatic carbocycles. The van der Waals surface area contributed by atoms with Gasteiger partial charge in [0, 0.05) is 18.3 Å². The molecule has 2 aromatic rings. The van der Waals surface area contributed by atoms with Crippen LogP contribution in [0.4, 0.5) is 23.2 Å². The summed E-state index contributed by atoms with van der Waals surface area (Å²) in [5.74, 6) is 3.72. The summed E-state index contributed by atoms with van der Waals surface area (Å²) >= 11 is 0. The quantitative estimate of drug-likeness (QED) is 0.196. The predicted octanol–water partition coefficient (Wildman–Crippen LogP) is 3.06. The molecule has 2 rings (SSSR count). The second kappa shape index (κ2) is 9.38. The number of hydrogen-bond acceptors (Lipinski definition) is 4. The molecule has 1 heterocycles. The first kappa shape index (κ1) is 20.1. The van der Waals surface area contributed by atoms with Gasteiger partial charge in [-0.3, -0.25) is 10.2 Å². The Morgan fingerprint density at radius 1 is 1.12 bits per heavy atom. The van der Waals surface area contributed by atoms with Gasteiger partial charge in [-0.05, 0) is 30.3 Å². The molecule has 0 radical (unpaired) electrons. The molecular weight excluding hydrogens is 340 g/mol. The van der Waals surface area contributed by atoms with Crippen LogP contribution in [0.15, 0.2) is 36.4 Å². The van der Waals surface area contributed by atoms with Gasteiger partial charge in [0.2, 0.25) is 12.4 Å². The smallest absolute Gasteiger partial charge is 0.388 e. The normalized spacial score (nSPS) is 10.8. The number of nitrogens with zero attached hydrogens (tertiary/aromatic N) is 1. The number of hydrazine groups is 1. The second-order valence-electron chi connectivity index (χ2n) is 4.52. The van der Waals surface area contributed by atoms with Gasteiger partial charge in [0.05, 0.1) is 11.3 Å². The van der Waals surface area contributed by atoms with Gasteiger partial charge in [-0.25, -0.2) is 10.8 Å². The predicted molar refractivity (Wildman–Crippen MR) is 87.5 cm³/mol. The van der Waals surface area contributed by atoms with E-state index in [0.717, 1.165) is 6.07 Å². The summed E-state index contributed by atoms with van der Waals surface area (Å²) in [7, 11) is 1.53. The maximum atomic E-state index is 13.0. The van der Waals surface area contributed by atoms with Crippen molar-refractivity contribution in [2.24, 2.45) is 5.84 Å². The fourth-order valence-corrected chi connectivity index (χ4v) is 1.90. The van der Waals surface area contributed by atoms with Gasteiger partial charge in [-0.15, -0.1) is 0 Å². The largest absolute Gasteiger partial charge is 0.417 e. The lowest BCUT2D eigenvalue weighted by atomic mass is 10.0. The number of hydrogen-bond donors (Lipinski definition) is 3. The Morgan fingerprint density at radius 3 is 2.28 bits per heavy atom. The van der Waals surface area contributed by atoms with Crippen molar-refractivity contribution in [3.8, 4) is 0 Å². The summed E-state index contributed by atoms with van der Waals surface area (Å²) in [5, 5.41) is 2.71. The number of alkyl halides is 3. The standard InChI is InChI=1S/C15H12F4N2.CH4N2O/c1-20-13-6-3-5-12(15(17,18)19)11(13)9-8-10-4-2-7-14(16)21-10;2-3-1-4/h2-9,20H,1H3;1H,2H2,(H,3,4)/b9-8+;. The third-order valence-corrected chi connectivity index (χ3v) is 2.91. The Morgan fingerprint density at radius 2 is 1.76 bits per heavy atom. The number of carbonyl (C=O) groups is 1. The van der Waals surface area contributed by atoms with Gasteiger partial charge in [0.1, 0.15) is 0 Å². The third kappa shape index (κ3) is 6.22. The lowest BCUT2D eigenvalue weighted by Crippen LogP contribution is -2.18. The minimum atomic E-state index is -4.47. The average molecular weight is 356 g/mol. The van der Waals surface area contributed by atoms with Crippen molar-refractivity contribution in [3.63, 3.8) is 0 Å². The molecule has 134 valence electrons. The summed E-state index contributed by atoms with van der Waals surface area (Å²) in [6.07, 6.45) is -1.45. The monoisotopic (exact) mass is 356 g/mol. The van der Waals surface area contributed by atoms with Crippen LogP contribution >= 0.6 is 0 Å². The van der Waals surface area contributed by atoms with Crippen molar-refractivity contribution < 1.29 is 22.4 Å². The van der Waals surface area contributed by atoms with Crippen LogP contribution in [-0.2, 0) is 11.0 Å². The summed E-state index contributed by atoms with van der Waals surface area (Å²) in [6, 6.07) is 7.98. The Kier molecular flexibility index (Phi) is 7.54. The molecular formula is C16H16F4N4O. The van der Waals surface area contributed by atoms with Crippen LogP contribution in [0.1, 0.15) is 16.8 Å². The molecule has 5 nitrogen and oxygen atoms in total. The number of amides is 1. The Bertz CT molecular complexity index is 732. The molecule has 0 fully saturated rings. The van der Waals surface area contributed by atoms with Crippen LogP contribution in [-0.4, -0.2) is 18.4 Å². The minimum Gasteiger partial charge on any atom is -0.388 e. The molecule has 1 aromatic heterocycles. The molecule has 0 bridgehead atoms. The van der Waals surface area contributed by atoms with E-state index in [-0.39, 0.29) is 11.3 Å². The lowest BCUT2D eigenvalue weighted by Gasteiger charge is -2.14. The van der Waals surface area contributed by atoms with E-state index in [0.29, 0.717) is 12.1 Å². The number of halogens is 4. The highest BCUT2D eigenvalue weighted by Crippen LogP contribution is 2.36. The average Bonchev–Trinajstić information content (AvgIpc) is 2.59. The molecule has 0 spiro atoms. The topological polar surface area (TPSA) is 80.0 Å². The molecule has 1 amide bonds. The van der Waals surface area contributed by atoms with Crippen molar-refractivity contribution in [1.29, 1.82) is 0 Å². The molecule has 0 unspecified atom stereocenters. The van der Waals surface area contributed by atoms with E-state index in [1.807, 2.05) is 0 Å². The van der Waals surface area contributed by atoms with Gasteiger partial charge < -0.3 is 5.32 Å². The van der Waals surface area contributed by atoms with E-state index in [1.54, 1.807) is 5.43 Å². The molecule has 0 aliphatic carbocycles. The van der Waals surface area contributed by atoms with Crippen LogP contribution < -0.4 is 16.6 Å². The Balaban J connectivity index is 0.000000705. The first-order valence-corrected chi connectivity index (χ1v) is 6.91. The van der Waals surface area contributed by atoms with Crippen LogP contribution in [0.3, 0.4) is 0 Å². The van der Waals surface area contributed by atoms with Crippen LogP contribution in [0.25, 0.3) is 12.2 Å². The second-order valence-corrected chi connectivity index (χ2v) is 4.52. The summed E-state index contributed by atoms with van der Waals surface area (Å²) in [4.78, 5) is 12.5. The number of anilines is 1. The maximum Gasteiger partial charge on any atom is 0.417 e. The van der Waals surface area contributed by atoms with Gasteiger partial charge in [0.15, 0.2) is 0 Å². The Labute approximate surface area is 141 Å². The molecule has 9 heteroatoms. The highest BCUT2D eigenvalue weighted by atomic mass is 19.4. The Hall–Kier alpha value is -2.94. The fraction of sp³-hybridized carbons (Fsp3) is 0.125. The first-order valence-electron chi connectivity index (χ1n) is 6.91. The molecule has 0 saturated carbocycles. The van der Waals surface area contributed by atoms with Gasteiger partial charge in [0.25, 0.3) is 0 Å². The first-order chi connectivity index (χ1) is 11.8. The minimum absolute atomic E-state index is 0.0152. The lowest BCUT2D eigenvalue weighted by molar-refractivity contribution is -0.137. The summed E-state index contributed by atoms with van der Waals surface area (Å²) < 4.78 is 52.0. The summed E-state index contributed by atoms with van der Waals surface area (Å²) in [6.45, 7) is 0. The highest BCUT2D eigenvalue weighted by Gasteiger charge is 2.33. The number of nitrogens with two attached hydrogens (primary N) is 1. The number of pyridine rings is 1. The number of benzene rings is 1. The van der Waals surface area contributed by atoms with Crippen LogP contribution in [0.5, 0.6) is 0 Å². The van der Waals surface area contributed by atoms with Gasteiger partial charge in [-0.1, -0.05) is 18.2 Å². The maximum absolute atomic E-state index is 13.0. The van der Waals surface area contributed by atoms with Crippen molar-refractivity contribution in [2.75, 3.05) is 12.4 Å². The number of aromatic nitrogens is 1. The van der Waals surface area contributed by atoms with E-state index in [1.165, 1.54) is 49.5 Å². The van der Waals surface area contributed by atoms with E-state index in [9.17, 15) is 17.6 Å². The van der Waals surface area contributed by atoms with Crippen LogP contribution in [0.2, 0.25) is 0 Å². The highest BCUT2D eigenvalue weighted by molar-refractivity contribution is 5.78. The SMILES string of the molecule is CNc1cccc(C(F)(F)F)c1/C=C/c1cccc(F)n1.NNC=O. The van der Waals surface area contributed by atoms with Gasteiger partial charge >= 0.3 is 6.18 Å². The number of carbonyl (C=O) groups excluding carboxylic acids is 1. The molecule has 0 aliphatic heterocycles. The zero-order chi connectivity index (χ0) is 18.9. The zero-order valence-corrected chi connectivity index (χ0v) is 13.1. The van der Waals surface area contributed by atoms with Gasteiger partial charge in [-0.2, -0.15) is 17.6 Å².